The number of H-pyrrole nitrogens is 1. The fourth-order valence-corrected chi connectivity index (χ4v) is 3.98. The van der Waals surface area contributed by atoms with Crippen LogP contribution in [0.4, 0.5) is 5.69 Å². The molecule has 31 heavy (non-hydrogen) atoms. The normalized spacial score (nSPS) is 14.5. The molecule has 3 aromatic rings. The van der Waals surface area contributed by atoms with Gasteiger partial charge in [0.25, 0.3) is 11.8 Å². The maximum absolute atomic E-state index is 12.9. The zero-order valence-electron chi connectivity index (χ0n) is 17.9. The van der Waals surface area contributed by atoms with Crippen LogP contribution in [0.25, 0.3) is 11.3 Å². The van der Waals surface area contributed by atoms with Gasteiger partial charge in [-0.25, -0.2) is 0 Å². The average molecular weight is 419 g/mol. The van der Waals surface area contributed by atoms with Gasteiger partial charge in [0.1, 0.15) is 5.69 Å². The minimum absolute atomic E-state index is 0.00764. The van der Waals surface area contributed by atoms with Crippen molar-refractivity contribution in [1.29, 1.82) is 0 Å². The van der Waals surface area contributed by atoms with E-state index in [1.54, 1.807) is 6.07 Å². The molecule has 0 unspecified atom stereocenters. The highest BCUT2D eigenvalue weighted by Gasteiger charge is 2.27. The van der Waals surface area contributed by atoms with E-state index in [-0.39, 0.29) is 11.8 Å². The van der Waals surface area contributed by atoms with Crippen molar-refractivity contribution >= 4 is 17.5 Å². The highest BCUT2D eigenvalue weighted by atomic mass is 16.2. The minimum atomic E-state index is -0.0475. The number of hydrogen-bond acceptors (Lipinski definition) is 3. The number of nitrogens with one attached hydrogen (secondary N) is 3. The second kappa shape index (κ2) is 9.14. The first kappa shape index (κ1) is 20.8. The number of amides is 2. The smallest absolute Gasteiger partial charge is 0.279 e. The number of anilines is 1. The van der Waals surface area contributed by atoms with Crippen molar-refractivity contribution in [1.82, 2.24) is 15.1 Å². The second-order valence-electron chi connectivity index (χ2n) is 8.07. The number of rotatable bonds is 5. The standard InChI is InChI=1S/C24H27N5O2/c1-17-7-6-8-18(2)23(17)25-22(30)16-28-11-13-29(14-12-28)24(31)21-15-20(26-27-21)19-9-4-3-5-10-19/h3-10,15H,11-14,16H2,1-2H3,(H,25,30)(H,26,27)/p+1. The van der Waals surface area contributed by atoms with Gasteiger partial charge in [-0.3, -0.25) is 14.7 Å². The van der Waals surface area contributed by atoms with E-state index in [1.807, 2.05) is 67.3 Å². The maximum Gasteiger partial charge on any atom is 0.279 e. The molecule has 0 radical (unpaired) electrons. The van der Waals surface area contributed by atoms with Crippen molar-refractivity contribution in [2.24, 2.45) is 0 Å². The molecule has 2 aromatic carbocycles. The van der Waals surface area contributed by atoms with Crippen LogP contribution in [-0.2, 0) is 4.79 Å². The molecular formula is C24H28N5O2+. The van der Waals surface area contributed by atoms with Gasteiger partial charge < -0.3 is 15.1 Å². The first-order valence-corrected chi connectivity index (χ1v) is 10.6. The van der Waals surface area contributed by atoms with Gasteiger partial charge in [0.15, 0.2) is 6.54 Å². The van der Waals surface area contributed by atoms with Crippen molar-refractivity contribution in [3.05, 3.63) is 71.4 Å². The topological polar surface area (TPSA) is 82.5 Å². The monoisotopic (exact) mass is 418 g/mol. The Kier molecular flexibility index (Phi) is 6.13. The van der Waals surface area contributed by atoms with Crippen LogP contribution in [0.3, 0.4) is 0 Å². The van der Waals surface area contributed by atoms with Crippen molar-refractivity contribution in [3.63, 3.8) is 0 Å². The Hall–Kier alpha value is -3.45. The molecule has 7 heteroatoms. The molecule has 0 bridgehead atoms. The molecule has 1 aromatic heterocycles. The third-order valence-electron chi connectivity index (χ3n) is 5.79. The predicted octanol–water partition coefficient (Wildman–Crippen LogP) is 1.67. The van der Waals surface area contributed by atoms with E-state index in [1.165, 1.54) is 4.90 Å². The molecule has 160 valence electrons. The lowest BCUT2D eigenvalue weighted by molar-refractivity contribution is -0.895. The Bertz CT molecular complexity index is 1050. The summed E-state index contributed by atoms with van der Waals surface area (Å²) in [6.45, 7) is 7.11. The number of carbonyl (C=O) groups is 2. The molecule has 0 aliphatic carbocycles. The van der Waals surface area contributed by atoms with Crippen molar-refractivity contribution in [2.45, 2.75) is 13.8 Å². The summed E-state index contributed by atoms with van der Waals surface area (Å²) >= 11 is 0. The average Bonchev–Trinajstić information content (AvgIpc) is 3.27. The van der Waals surface area contributed by atoms with E-state index >= 15 is 0 Å². The number of aromatic amines is 1. The highest BCUT2D eigenvalue weighted by molar-refractivity contribution is 5.94. The lowest BCUT2D eigenvalue weighted by Crippen LogP contribution is -3.15. The molecule has 1 aliphatic heterocycles. The Morgan fingerprint density at radius 3 is 2.39 bits per heavy atom. The number of nitrogens with zero attached hydrogens (tertiary/aromatic N) is 2. The van der Waals surface area contributed by atoms with Gasteiger partial charge >= 0.3 is 0 Å². The second-order valence-corrected chi connectivity index (χ2v) is 8.07. The molecule has 0 atom stereocenters. The number of quaternary nitrogens is 1. The SMILES string of the molecule is Cc1cccc(C)c1NC(=O)C[NH+]1CCN(C(=O)c2cc(-c3ccccc3)n[nH]2)CC1. The van der Waals surface area contributed by atoms with Crippen LogP contribution in [0.15, 0.2) is 54.6 Å². The van der Waals surface area contributed by atoms with Crippen LogP contribution in [0.1, 0.15) is 21.6 Å². The van der Waals surface area contributed by atoms with Crippen LogP contribution in [0.5, 0.6) is 0 Å². The van der Waals surface area contributed by atoms with E-state index in [4.69, 9.17) is 0 Å². The molecule has 1 aliphatic rings. The number of piperazine rings is 1. The lowest BCUT2D eigenvalue weighted by atomic mass is 10.1. The van der Waals surface area contributed by atoms with Crippen LogP contribution in [-0.4, -0.2) is 59.6 Å². The van der Waals surface area contributed by atoms with Crippen LogP contribution < -0.4 is 10.2 Å². The van der Waals surface area contributed by atoms with Gasteiger partial charge in [0, 0.05) is 11.3 Å². The van der Waals surface area contributed by atoms with Gasteiger partial charge in [-0.2, -0.15) is 5.10 Å². The predicted molar refractivity (Wildman–Crippen MR) is 120 cm³/mol. The quantitative estimate of drug-likeness (QED) is 0.590. The summed E-state index contributed by atoms with van der Waals surface area (Å²) < 4.78 is 0. The molecule has 7 nitrogen and oxygen atoms in total. The fraction of sp³-hybridized carbons (Fsp3) is 0.292. The number of carbonyl (C=O) groups excluding carboxylic acids is 2. The van der Waals surface area contributed by atoms with Crippen molar-refractivity contribution in [3.8, 4) is 11.3 Å². The maximum atomic E-state index is 12.9. The van der Waals surface area contributed by atoms with Crippen LogP contribution in [0, 0.1) is 13.8 Å². The first-order valence-electron chi connectivity index (χ1n) is 10.6. The molecule has 2 amide bonds. The van der Waals surface area contributed by atoms with Gasteiger partial charge in [0.2, 0.25) is 0 Å². The summed E-state index contributed by atoms with van der Waals surface area (Å²) in [7, 11) is 0. The number of para-hydroxylation sites is 1. The van der Waals surface area contributed by atoms with Crippen molar-refractivity contribution in [2.75, 3.05) is 38.0 Å². The Morgan fingerprint density at radius 2 is 1.71 bits per heavy atom. The zero-order chi connectivity index (χ0) is 21.8. The minimum Gasteiger partial charge on any atom is -0.326 e. The van der Waals surface area contributed by atoms with E-state index < -0.39 is 0 Å². The third-order valence-corrected chi connectivity index (χ3v) is 5.79. The third kappa shape index (κ3) is 4.83. The molecule has 0 saturated carbocycles. The summed E-state index contributed by atoms with van der Waals surface area (Å²) in [5, 5.41) is 10.2. The zero-order valence-corrected chi connectivity index (χ0v) is 17.9. The van der Waals surface area contributed by atoms with Gasteiger partial charge in [-0.1, -0.05) is 48.5 Å². The van der Waals surface area contributed by atoms with E-state index in [9.17, 15) is 9.59 Å². The first-order chi connectivity index (χ1) is 15.0. The molecule has 3 N–H and O–H groups in total. The summed E-state index contributed by atoms with van der Waals surface area (Å²) in [6.07, 6.45) is 0. The lowest BCUT2D eigenvalue weighted by Gasteiger charge is -2.31. The summed E-state index contributed by atoms with van der Waals surface area (Å²) in [6, 6.07) is 17.6. The van der Waals surface area contributed by atoms with Gasteiger partial charge in [-0.15, -0.1) is 0 Å². The Morgan fingerprint density at radius 1 is 1.03 bits per heavy atom. The van der Waals surface area contributed by atoms with Crippen LogP contribution >= 0.6 is 0 Å². The van der Waals surface area contributed by atoms with E-state index in [0.29, 0.717) is 25.3 Å². The number of hydrogen-bond donors (Lipinski definition) is 3. The summed E-state index contributed by atoms with van der Waals surface area (Å²) in [4.78, 5) is 28.4. The molecule has 1 saturated heterocycles. The number of aromatic nitrogens is 2. The number of benzene rings is 2. The molecule has 0 spiro atoms. The summed E-state index contributed by atoms with van der Waals surface area (Å²) in [5.74, 6) is -0.0398. The largest absolute Gasteiger partial charge is 0.326 e. The van der Waals surface area contributed by atoms with E-state index in [2.05, 4.69) is 15.5 Å². The molecule has 4 rings (SSSR count). The molecule has 2 heterocycles. The Balaban J connectivity index is 1.30. The molecule has 1 fully saturated rings. The molecular weight excluding hydrogens is 390 g/mol. The van der Waals surface area contributed by atoms with Crippen LogP contribution in [0.2, 0.25) is 0 Å². The fourth-order valence-electron chi connectivity index (χ4n) is 3.98. The van der Waals surface area contributed by atoms with Gasteiger partial charge in [-0.05, 0) is 31.0 Å². The highest BCUT2D eigenvalue weighted by Crippen LogP contribution is 2.19. The van der Waals surface area contributed by atoms with Gasteiger partial charge in [0.05, 0.1) is 31.9 Å². The Labute approximate surface area is 182 Å². The number of aryl methyl sites for hydroxylation is 2. The van der Waals surface area contributed by atoms with Crippen molar-refractivity contribution < 1.29 is 14.5 Å². The van der Waals surface area contributed by atoms with E-state index in [0.717, 1.165) is 41.2 Å². The summed E-state index contributed by atoms with van der Waals surface area (Å²) in [5.41, 5.74) is 5.25.